The lowest BCUT2D eigenvalue weighted by Gasteiger charge is -2.29. The average molecular weight is 320 g/mol. The van der Waals surface area contributed by atoms with Crippen molar-refractivity contribution in [2.75, 3.05) is 11.9 Å². The zero-order valence-electron chi connectivity index (χ0n) is 13.5. The molecule has 0 unspecified atom stereocenters. The first-order valence-electron chi connectivity index (χ1n) is 8.48. The second-order valence-corrected chi connectivity index (χ2v) is 6.59. The maximum absolute atomic E-state index is 12.7. The Morgan fingerprint density at radius 2 is 1.67 bits per heavy atom. The molecule has 0 bridgehead atoms. The molecule has 122 valence electrons. The fraction of sp³-hybridized carbons (Fsp3) is 0.300. The second kappa shape index (κ2) is 6.11. The number of nitrogens with zero attached hydrogens (tertiary/aromatic N) is 1. The fourth-order valence-corrected chi connectivity index (χ4v) is 3.14. The number of amides is 2. The van der Waals surface area contributed by atoms with Crippen molar-refractivity contribution in [3.8, 4) is 0 Å². The van der Waals surface area contributed by atoms with Crippen molar-refractivity contribution in [3.63, 3.8) is 0 Å². The first-order chi connectivity index (χ1) is 11.7. The van der Waals surface area contributed by atoms with Crippen molar-refractivity contribution in [2.45, 2.75) is 25.8 Å². The minimum atomic E-state index is 0.0459. The van der Waals surface area contributed by atoms with Gasteiger partial charge in [0, 0.05) is 30.3 Å². The van der Waals surface area contributed by atoms with E-state index in [1.807, 2.05) is 29.2 Å². The standard InChI is InChI=1S/C20H20N2O2/c23-19(15-5-6-15)21-18-9-7-16(8-10-18)20(24)22-12-11-14-3-1-2-4-17(14)13-22/h1-4,7-10,15H,5-6,11-13H2,(H,21,23). The predicted molar refractivity (Wildman–Crippen MR) is 92.7 cm³/mol. The molecule has 1 aliphatic heterocycles. The molecule has 2 amide bonds. The van der Waals surface area contributed by atoms with Gasteiger partial charge in [-0.2, -0.15) is 0 Å². The predicted octanol–water partition coefficient (Wildman–Crippen LogP) is 3.23. The Kier molecular flexibility index (Phi) is 3.81. The Balaban J connectivity index is 1.44. The van der Waals surface area contributed by atoms with Crippen LogP contribution in [0, 0.1) is 5.92 Å². The summed E-state index contributed by atoms with van der Waals surface area (Å²) in [7, 11) is 0. The van der Waals surface area contributed by atoms with Gasteiger partial charge in [0.2, 0.25) is 5.91 Å². The van der Waals surface area contributed by atoms with Gasteiger partial charge in [-0.1, -0.05) is 24.3 Å². The molecule has 4 rings (SSSR count). The number of nitrogens with one attached hydrogen (secondary N) is 1. The molecule has 0 atom stereocenters. The van der Waals surface area contributed by atoms with Crippen LogP contribution in [0.5, 0.6) is 0 Å². The molecule has 1 fully saturated rings. The molecule has 0 aromatic heterocycles. The van der Waals surface area contributed by atoms with E-state index < -0.39 is 0 Å². The Labute approximate surface area is 141 Å². The minimum Gasteiger partial charge on any atom is -0.334 e. The Bertz CT molecular complexity index is 778. The zero-order chi connectivity index (χ0) is 16.5. The van der Waals surface area contributed by atoms with Crippen LogP contribution in [-0.2, 0) is 17.8 Å². The molecule has 24 heavy (non-hydrogen) atoms. The van der Waals surface area contributed by atoms with E-state index in [-0.39, 0.29) is 17.7 Å². The van der Waals surface area contributed by atoms with E-state index in [2.05, 4.69) is 17.4 Å². The molecule has 4 nitrogen and oxygen atoms in total. The molecule has 2 aromatic rings. The minimum absolute atomic E-state index is 0.0459. The topological polar surface area (TPSA) is 49.4 Å². The summed E-state index contributed by atoms with van der Waals surface area (Å²) < 4.78 is 0. The molecular formula is C20H20N2O2. The third-order valence-electron chi connectivity index (χ3n) is 4.77. The summed E-state index contributed by atoms with van der Waals surface area (Å²) in [6.07, 6.45) is 2.87. The molecule has 1 aliphatic carbocycles. The molecule has 0 radical (unpaired) electrons. The van der Waals surface area contributed by atoms with Crippen LogP contribution in [0.3, 0.4) is 0 Å². The highest BCUT2D eigenvalue weighted by molar-refractivity contribution is 5.96. The lowest BCUT2D eigenvalue weighted by Crippen LogP contribution is -2.35. The second-order valence-electron chi connectivity index (χ2n) is 6.59. The molecule has 0 saturated heterocycles. The molecule has 1 heterocycles. The molecule has 4 heteroatoms. The lowest BCUT2D eigenvalue weighted by molar-refractivity contribution is -0.117. The molecule has 2 aliphatic rings. The monoisotopic (exact) mass is 320 g/mol. The van der Waals surface area contributed by atoms with Crippen LogP contribution in [0.4, 0.5) is 5.69 Å². The lowest BCUT2D eigenvalue weighted by atomic mass is 9.99. The fourth-order valence-electron chi connectivity index (χ4n) is 3.14. The largest absolute Gasteiger partial charge is 0.334 e. The van der Waals surface area contributed by atoms with Gasteiger partial charge in [-0.25, -0.2) is 0 Å². The van der Waals surface area contributed by atoms with Gasteiger partial charge < -0.3 is 10.2 Å². The highest BCUT2D eigenvalue weighted by Gasteiger charge is 2.29. The first kappa shape index (κ1) is 14.9. The number of anilines is 1. The number of rotatable bonds is 3. The summed E-state index contributed by atoms with van der Waals surface area (Å²) in [5.41, 5.74) is 3.98. The van der Waals surface area contributed by atoms with Crippen LogP contribution in [0.15, 0.2) is 48.5 Å². The van der Waals surface area contributed by atoms with Crippen LogP contribution >= 0.6 is 0 Å². The van der Waals surface area contributed by atoms with Crippen molar-refractivity contribution in [2.24, 2.45) is 5.92 Å². The number of carbonyl (C=O) groups excluding carboxylic acids is 2. The zero-order valence-corrected chi connectivity index (χ0v) is 13.5. The van der Waals surface area contributed by atoms with E-state index in [9.17, 15) is 9.59 Å². The molecule has 0 spiro atoms. The molecular weight excluding hydrogens is 300 g/mol. The van der Waals surface area contributed by atoms with Crippen molar-refractivity contribution in [1.82, 2.24) is 4.90 Å². The SMILES string of the molecule is O=C(Nc1ccc(C(=O)N2CCc3ccccc3C2)cc1)C1CC1. The summed E-state index contributed by atoms with van der Waals surface area (Å²) in [6, 6.07) is 15.5. The number of carbonyl (C=O) groups is 2. The van der Waals surface area contributed by atoms with Crippen LogP contribution in [0.2, 0.25) is 0 Å². The normalized spacial score (nSPS) is 16.4. The average Bonchev–Trinajstić information content (AvgIpc) is 3.46. The van der Waals surface area contributed by atoms with Gasteiger partial charge in [0.1, 0.15) is 0 Å². The smallest absolute Gasteiger partial charge is 0.254 e. The van der Waals surface area contributed by atoms with Crippen LogP contribution in [-0.4, -0.2) is 23.3 Å². The maximum Gasteiger partial charge on any atom is 0.254 e. The Hall–Kier alpha value is -2.62. The van der Waals surface area contributed by atoms with Crippen LogP contribution < -0.4 is 5.32 Å². The van der Waals surface area contributed by atoms with E-state index >= 15 is 0 Å². The van der Waals surface area contributed by atoms with Crippen molar-refractivity contribution in [1.29, 1.82) is 0 Å². The summed E-state index contributed by atoms with van der Waals surface area (Å²) in [6.45, 7) is 1.41. The maximum atomic E-state index is 12.7. The van der Waals surface area contributed by atoms with Crippen molar-refractivity contribution < 1.29 is 9.59 Å². The summed E-state index contributed by atoms with van der Waals surface area (Å²) >= 11 is 0. The van der Waals surface area contributed by atoms with Crippen molar-refractivity contribution >= 4 is 17.5 Å². The molecule has 1 N–H and O–H groups in total. The number of hydrogen-bond acceptors (Lipinski definition) is 2. The van der Waals surface area contributed by atoms with E-state index in [1.54, 1.807) is 12.1 Å². The quantitative estimate of drug-likeness (QED) is 0.944. The van der Waals surface area contributed by atoms with Crippen molar-refractivity contribution in [3.05, 3.63) is 65.2 Å². The van der Waals surface area contributed by atoms with Crippen LogP contribution in [0.25, 0.3) is 0 Å². The highest BCUT2D eigenvalue weighted by atomic mass is 16.2. The molecule has 1 saturated carbocycles. The van der Waals surface area contributed by atoms with Gasteiger partial charge in [0.15, 0.2) is 0 Å². The van der Waals surface area contributed by atoms with E-state index in [0.29, 0.717) is 12.1 Å². The van der Waals surface area contributed by atoms with Gasteiger partial charge >= 0.3 is 0 Å². The highest BCUT2D eigenvalue weighted by Crippen LogP contribution is 2.30. The van der Waals surface area contributed by atoms with Crippen LogP contribution in [0.1, 0.15) is 34.3 Å². The summed E-state index contributed by atoms with van der Waals surface area (Å²) in [5.74, 6) is 0.311. The van der Waals surface area contributed by atoms with Gasteiger partial charge in [-0.05, 0) is 54.7 Å². The third-order valence-corrected chi connectivity index (χ3v) is 4.77. The number of hydrogen-bond donors (Lipinski definition) is 1. The van der Waals surface area contributed by atoms with E-state index in [1.165, 1.54) is 11.1 Å². The van der Waals surface area contributed by atoms with E-state index in [0.717, 1.165) is 31.5 Å². The Morgan fingerprint density at radius 1 is 0.958 bits per heavy atom. The van der Waals surface area contributed by atoms with Gasteiger partial charge in [0.05, 0.1) is 0 Å². The van der Waals surface area contributed by atoms with Gasteiger partial charge in [0.25, 0.3) is 5.91 Å². The third kappa shape index (κ3) is 3.04. The summed E-state index contributed by atoms with van der Waals surface area (Å²) in [5, 5.41) is 2.90. The summed E-state index contributed by atoms with van der Waals surface area (Å²) in [4.78, 5) is 26.4. The van der Waals surface area contributed by atoms with Gasteiger partial charge in [-0.15, -0.1) is 0 Å². The number of fused-ring (bicyclic) bond motifs is 1. The first-order valence-corrected chi connectivity index (χ1v) is 8.48. The molecule has 2 aromatic carbocycles. The van der Waals surface area contributed by atoms with E-state index in [4.69, 9.17) is 0 Å². The Morgan fingerprint density at radius 3 is 2.38 bits per heavy atom. The number of benzene rings is 2. The van der Waals surface area contributed by atoms with Gasteiger partial charge in [-0.3, -0.25) is 9.59 Å².